The number of carbonyl (C=O) groups excluding carboxylic acids is 1. The van der Waals surface area contributed by atoms with Gasteiger partial charge >= 0.3 is 5.97 Å². The van der Waals surface area contributed by atoms with E-state index in [1.807, 2.05) is 30.5 Å². The highest BCUT2D eigenvalue weighted by molar-refractivity contribution is 6.40. The Balaban J connectivity index is 2.27. The second kappa shape index (κ2) is 4.65. The molecule has 0 fully saturated rings. The first-order valence-electron chi connectivity index (χ1n) is 5.13. The molecule has 0 aliphatic carbocycles. The van der Waals surface area contributed by atoms with Gasteiger partial charge in [0, 0.05) is 17.1 Å². The van der Waals surface area contributed by atoms with Crippen molar-refractivity contribution in [2.75, 3.05) is 7.11 Å². The molecule has 0 radical (unpaired) electrons. The summed E-state index contributed by atoms with van der Waals surface area (Å²) in [6, 6.07) is 7.84. The Hall–Kier alpha value is -2.36. The van der Waals surface area contributed by atoms with Crippen LogP contribution >= 0.6 is 0 Å². The number of aromatic amines is 1. The Morgan fingerprint density at radius 2 is 2.18 bits per heavy atom. The lowest BCUT2D eigenvalue weighted by Crippen LogP contribution is -2.11. The molecule has 0 aliphatic rings. The van der Waals surface area contributed by atoms with E-state index in [-0.39, 0.29) is 5.71 Å². The Morgan fingerprint density at radius 3 is 2.94 bits per heavy atom. The number of hydrogen-bond donors (Lipinski definition) is 2. The maximum atomic E-state index is 11.0. The lowest BCUT2D eigenvalue weighted by atomic mass is 10.1. The summed E-state index contributed by atoms with van der Waals surface area (Å²) in [5.74, 6) is -0.638. The van der Waals surface area contributed by atoms with Gasteiger partial charge in [-0.05, 0) is 17.7 Å². The summed E-state index contributed by atoms with van der Waals surface area (Å²) in [7, 11) is 1.26. The van der Waals surface area contributed by atoms with Crippen LogP contribution < -0.4 is 0 Å². The van der Waals surface area contributed by atoms with Gasteiger partial charge in [0.25, 0.3) is 0 Å². The van der Waals surface area contributed by atoms with Crippen LogP contribution in [-0.4, -0.2) is 23.8 Å². The molecule has 1 aromatic carbocycles. The van der Waals surface area contributed by atoms with Crippen LogP contribution in [-0.2, 0) is 9.53 Å². The highest BCUT2D eigenvalue weighted by Gasteiger charge is 2.05. The molecule has 0 aliphatic heterocycles. The summed E-state index contributed by atoms with van der Waals surface area (Å²) in [5, 5.41) is 8.49. The Labute approximate surface area is 98.4 Å². The van der Waals surface area contributed by atoms with E-state index in [0.717, 1.165) is 16.5 Å². The topological polar surface area (TPSA) is 65.9 Å². The van der Waals surface area contributed by atoms with E-state index in [9.17, 15) is 4.79 Å². The molecular formula is C13H12N2O2. The molecular weight excluding hydrogens is 216 g/mol. The third kappa shape index (κ3) is 2.25. The number of benzene rings is 1. The largest absolute Gasteiger partial charge is 0.464 e. The fourth-order valence-electron chi connectivity index (χ4n) is 1.58. The van der Waals surface area contributed by atoms with Gasteiger partial charge in [0.05, 0.1) is 7.11 Å². The maximum absolute atomic E-state index is 11.0. The molecule has 0 spiro atoms. The predicted molar refractivity (Wildman–Crippen MR) is 67.1 cm³/mol. The molecule has 2 N–H and O–H groups in total. The number of para-hydroxylation sites is 1. The Bertz CT molecular complexity index is 596. The molecule has 4 heteroatoms. The van der Waals surface area contributed by atoms with Crippen LogP contribution in [0.1, 0.15) is 5.56 Å². The van der Waals surface area contributed by atoms with Crippen molar-refractivity contribution in [1.29, 1.82) is 5.41 Å². The normalized spacial score (nSPS) is 10.9. The van der Waals surface area contributed by atoms with Gasteiger partial charge in [0.15, 0.2) is 0 Å². The molecule has 0 saturated heterocycles. The number of carbonyl (C=O) groups is 1. The van der Waals surface area contributed by atoms with Crippen molar-refractivity contribution in [3.8, 4) is 0 Å². The summed E-state index contributed by atoms with van der Waals surface area (Å²) in [4.78, 5) is 14.1. The molecule has 1 aromatic heterocycles. The van der Waals surface area contributed by atoms with Crippen molar-refractivity contribution >= 4 is 28.7 Å². The zero-order chi connectivity index (χ0) is 12.3. The summed E-state index contributed by atoms with van der Waals surface area (Å²) in [6.07, 6.45) is 4.99. The maximum Gasteiger partial charge on any atom is 0.355 e. The second-order valence-corrected chi connectivity index (χ2v) is 3.53. The van der Waals surface area contributed by atoms with Gasteiger partial charge in [-0.3, -0.25) is 5.41 Å². The minimum atomic E-state index is -0.638. The van der Waals surface area contributed by atoms with Crippen LogP contribution in [0.2, 0.25) is 0 Å². The van der Waals surface area contributed by atoms with E-state index in [2.05, 4.69) is 9.72 Å². The minimum absolute atomic E-state index is 0.169. The van der Waals surface area contributed by atoms with Gasteiger partial charge in [-0.1, -0.05) is 24.3 Å². The van der Waals surface area contributed by atoms with Crippen LogP contribution in [0.4, 0.5) is 0 Å². The highest BCUT2D eigenvalue weighted by atomic mass is 16.5. The third-order valence-electron chi connectivity index (χ3n) is 2.46. The molecule has 0 unspecified atom stereocenters. The Morgan fingerprint density at radius 1 is 1.41 bits per heavy atom. The molecule has 2 aromatic rings. The van der Waals surface area contributed by atoms with Crippen molar-refractivity contribution in [1.82, 2.24) is 4.98 Å². The van der Waals surface area contributed by atoms with Crippen LogP contribution in [0.15, 0.2) is 36.5 Å². The first-order valence-corrected chi connectivity index (χ1v) is 5.13. The number of H-pyrrole nitrogens is 1. The van der Waals surface area contributed by atoms with Crippen molar-refractivity contribution in [3.63, 3.8) is 0 Å². The smallest absolute Gasteiger partial charge is 0.355 e. The fourth-order valence-corrected chi connectivity index (χ4v) is 1.58. The number of methoxy groups -OCH3 is 1. The molecule has 4 nitrogen and oxygen atoms in total. The van der Waals surface area contributed by atoms with Gasteiger partial charge in [0.1, 0.15) is 5.71 Å². The Kier molecular flexibility index (Phi) is 3.05. The lowest BCUT2D eigenvalue weighted by Gasteiger charge is -1.94. The zero-order valence-electron chi connectivity index (χ0n) is 9.36. The molecule has 17 heavy (non-hydrogen) atoms. The summed E-state index contributed by atoms with van der Waals surface area (Å²) >= 11 is 0. The van der Waals surface area contributed by atoms with Gasteiger partial charge in [-0.25, -0.2) is 4.79 Å². The quantitative estimate of drug-likeness (QED) is 0.625. The number of hydrogen-bond acceptors (Lipinski definition) is 3. The summed E-state index contributed by atoms with van der Waals surface area (Å²) in [6.45, 7) is 0. The first kappa shape index (κ1) is 11.1. The zero-order valence-corrected chi connectivity index (χ0v) is 9.36. The van der Waals surface area contributed by atoms with E-state index in [0.29, 0.717) is 0 Å². The fraction of sp³-hybridized carbons (Fsp3) is 0.0769. The van der Waals surface area contributed by atoms with E-state index in [1.54, 1.807) is 6.08 Å². The molecule has 86 valence electrons. The summed E-state index contributed by atoms with van der Waals surface area (Å²) < 4.78 is 4.45. The van der Waals surface area contributed by atoms with Crippen molar-refractivity contribution in [3.05, 3.63) is 42.1 Å². The molecule has 0 saturated carbocycles. The van der Waals surface area contributed by atoms with Gasteiger partial charge < -0.3 is 9.72 Å². The average molecular weight is 228 g/mol. The van der Waals surface area contributed by atoms with Crippen LogP contribution in [0.25, 0.3) is 17.0 Å². The summed E-state index contributed by atoms with van der Waals surface area (Å²) in [5.41, 5.74) is 1.80. The van der Waals surface area contributed by atoms with E-state index in [4.69, 9.17) is 5.41 Å². The van der Waals surface area contributed by atoms with Gasteiger partial charge in [-0.15, -0.1) is 0 Å². The predicted octanol–water partition coefficient (Wildman–Crippen LogP) is 2.37. The van der Waals surface area contributed by atoms with Gasteiger partial charge in [0.2, 0.25) is 0 Å². The van der Waals surface area contributed by atoms with Gasteiger partial charge in [-0.2, -0.15) is 0 Å². The first-order chi connectivity index (χ1) is 8.22. The molecule has 0 amide bonds. The number of ether oxygens (including phenoxy) is 1. The molecule has 0 atom stereocenters. The highest BCUT2D eigenvalue weighted by Crippen LogP contribution is 2.18. The number of rotatable bonds is 3. The third-order valence-corrected chi connectivity index (χ3v) is 2.46. The van der Waals surface area contributed by atoms with E-state index >= 15 is 0 Å². The standard InChI is InChI=1S/C13H12N2O2/c1-17-13(16)11(14)7-6-9-8-15-12-5-3-2-4-10(9)12/h2-8,14-15H,1H3/b7-6+,14-11?. The van der Waals surface area contributed by atoms with Crippen molar-refractivity contribution in [2.45, 2.75) is 0 Å². The number of esters is 1. The molecule has 2 rings (SSSR count). The van der Waals surface area contributed by atoms with Crippen molar-refractivity contribution in [2.24, 2.45) is 0 Å². The average Bonchev–Trinajstić information content (AvgIpc) is 2.78. The van der Waals surface area contributed by atoms with Crippen LogP contribution in [0, 0.1) is 5.41 Å². The molecule has 0 bridgehead atoms. The number of nitrogens with one attached hydrogen (secondary N) is 2. The number of fused-ring (bicyclic) bond motifs is 1. The minimum Gasteiger partial charge on any atom is -0.464 e. The lowest BCUT2D eigenvalue weighted by molar-refractivity contribution is -0.132. The SMILES string of the molecule is COC(=O)C(=N)/C=C/c1c[nH]c2ccccc12. The van der Waals surface area contributed by atoms with Crippen molar-refractivity contribution < 1.29 is 9.53 Å². The number of aromatic nitrogens is 1. The van der Waals surface area contributed by atoms with Crippen LogP contribution in [0.5, 0.6) is 0 Å². The van der Waals surface area contributed by atoms with E-state index in [1.165, 1.54) is 13.2 Å². The second-order valence-electron chi connectivity index (χ2n) is 3.53. The van der Waals surface area contributed by atoms with E-state index < -0.39 is 5.97 Å². The molecule has 1 heterocycles. The van der Waals surface area contributed by atoms with Crippen LogP contribution in [0.3, 0.4) is 0 Å². The monoisotopic (exact) mass is 228 g/mol.